The normalized spacial score (nSPS) is 33.1. The number of amides is 1. The van der Waals surface area contributed by atoms with E-state index in [0.717, 1.165) is 45.2 Å². The van der Waals surface area contributed by atoms with Gasteiger partial charge in [-0.25, -0.2) is 0 Å². The van der Waals surface area contributed by atoms with Crippen molar-refractivity contribution in [2.45, 2.75) is 58.5 Å². The summed E-state index contributed by atoms with van der Waals surface area (Å²) in [4.78, 5) is 12.2. The Morgan fingerprint density at radius 2 is 1.79 bits per heavy atom. The van der Waals surface area contributed by atoms with Gasteiger partial charge in [0.05, 0.1) is 11.0 Å². The molecule has 1 aliphatic heterocycles. The third kappa shape index (κ3) is 3.48. The standard InChI is InChI=1S/C15H28N2O2/c1-13(2)4-6-15(19,7-5-13)11-17-12(18)14(3)8-9-16-10-14/h16,19H,4-11H2,1-3H3,(H,17,18). The molecule has 0 aromatic heterocycles. The highest BCUT2D eigenvalue weighted by molar-refractivity contribution is 5.82. The van der Waals surface area contributed by atoms with Crippen molar-refractivity contribution in [2.24, 2.45) is 10.8 Å². The Kier molecular flexibility index (Phi) is 3.94. The number of carbonyl (C=O) groups is 1. The van der Waals surface area contributed by atoms with E-state index in [1.165, 1.54) is 0 Å². The van der Waals surface area contributed by atoms with Gasteiger partial charge in [-0.2, -0.15) is 0 Å². The molecule has 0 aromatic carbocycles. The lowest BCUT2D eigenvalue weighted by Gasteiger charge is -2.40. The van der Waals surface area contributed by atoms with Crippen LogP contribution in [0.2, 0.25) is 0 Å². The van der Waals surface area contributed by atoms with Gasteiger partial charge in [-0.1, -0.05) is 13.8 Å². The van der Waals surface area contributed by atoms with Crippen LogP contribution in [0.1, 0.15) is 52.9 Å². The molecule has 1 aliphatic carbocycles. The molecule has 110 valence electrons. The second kappa shape index (κ2) is 5.06. The third-order valence-electron chi connectivity index (χ3n) is 5.03. The van der Waals surface area contributed by atoms with Crippen molar-refractivity contribution in [3.05, 3.63) is 0 Å². The van der Waals surface area contributed by atoms with Crippen LogP contribution >= 0.6 is 0 Å². The Labute approximate surface area is 116 Å². The van der Waals surface area contributed by atoms with Gasteiger partial charge >= 0.3 is 0 Å². The van der Waals surface area contributed by atoms with Gasteiger partial charge in [-0.05, 0) is 51.0 Å². The minimum Gasteiger partial charge on any atom is -0.388 e. The van der Waals surface area contributed by atoms with Crippen molar-refractivity contribution >= 4 is 5.91 Å². The zero-order chi connectivity index (χ0) is 14.1. The summed E-state index contributed by atoms with van der Waals surface area (Å²) in [5.41, 5.74) is -0.671. The predicted molar refractivity (Wildman–Crippen MR) is 75.8 cm³/mol. The first-order valence-electron chi connectivity index (χ1n) is 7.46. The van der Waals surface area contributed by atoms with E-state index < -0.39 is 5.60 Å². The molecule has 2 rings (SSSR count). The molecule has 1 atom stereocenters. The van der Waals surface area contributed by atoms with E-state index in [0.29, 0.717) is 12.0 Å². The average Bonchev–Trinajstić information content (AvgIpc) is 2.79. The Balaban J connectivity index is 1.83. The molecular weight excluding hydrogens is 240 g/mol. The quantitative estimate of drug-likeness (QED) is 0.726. The number of aliphatic hydroxyl groups is 1. The topological polar surface area (TPSA) is 61.4 Å². The fourth-order valence-electron chi connectivity index (χ4n) is 3.04. The smallest absolute Gasteiger partial charge is 0.227 e. The monoisotopic (exact) mass is 268 g/mol. The van der Waals surface area contributed by atoms with Gasteiger partial charge in [0.15, 0.2) is 0 Å². The van der Waals surface area contributed by atoms with Gasteiger partial charge in [-0.3, -0.25) is 4.79 Å². The summed E-state index contributed by atoms with van der Waals surface area (Å²) in [7, 11) is 0. The maximum atomic E-state index is 12.2. The lowest BCUT2D eigenvalue weighted by atomic mass is 9.71. The van der Waals surface area contributed by atoms with Crippen molar-refractivity contribution < 1.29 is 9.90 Å². The molecule has 0 aromatic rings. The molecule has 4 heteroatoms. The molecule has 3 N–H and O–H groups in total. The largest absolute Gasteiger partial charge is 0.388 e. The SMILES string of the molecule is CC1(C)CCC(O)(CNC(=O)C2(C)CCNC2)CC1. The summed E-state index contributed by atoms with van der Waals surface area (Å²) < 4.78 is 0. The fourth-order valence-corrected chi connectivity index (χ4v) is 3.04. The summed E-state index contributed by atoms with van der Waals surface area (Å²) in [5.74, 6) is 0.0794. The molecule has 19 heavy (non-hydrogen) atoms. The van der Waals surface area contributed by atoms with E-state index in [-0.39, 0.29) is 11.3 Å². The van der Waals surface area contributed by atoms with E-state index in [9.17, 15) is 9.90 Å². The fraction of sp³-hybridized carbons (Fsp3) is 0.933. The van der Waals surface area contributed by atoms with Crippen LogP contribution in [0.3, 0.4) is 0 Å². The number of hydrogen-bond acceptors (Lipinski definition) is 3. The molecule has 2 fully saturated rings. The van der Waals surface area contributed by atoms with Crippen LogP contribution in [0.15, 0.2) is 0 Å². The average molecular weight is 268 g/mol. The van der Waals surface area contributed by atoms with Gasteiger partial charge in [-0.15, -0.1) is 0 Å². The molecule has 1 amide bonds. The maximum Gasteiger partial charge on any atom is 0.227 e. The Bertz CT molecular complexity index is 336. The lowest BCUT2D eigenvalue weighted by molar-refractivity contribution is -0.131. The van der Waals surface area contributed by atoms with Gasteiger partial charge in [0.25, 0.3) is 0 Å². The second-order valence-electron chi connectivity index (χ2n) is 7.56. The number of rotatable bonds is 3. The van der Waals surface area contributed by atoms with Crippen LogP contribution in [0.4, 0.5) is 0 Å². The second-order valence-corrected chi connectivity index (χ2v) is 7.56. The summed E-state index contributed by atoms with van der Waals surface area (Å²) in [6.07, 6.45) is 4.51. The highest BCUT2D eigenvalue weighted by Crippen LogP contribution is 2.40. The summed E-state index contributed by atoms with van der Waals surface area (Å²) in [6, 6.07) is 0. The van der Waals surface area contributed by atoms with Gasteiger partial charge in [0.2, 0.25) is 5.91 Å². The summed E-state index contributed by atoms with van der Waals surface area (Å²) in [5, 5.41) is 16.8. The molecule has 2 aliphatic rings. The van der Waals surface area contributed by atoms with Crippen LogP contribution in [-0.4, -0.2) is 36.2 Å². The van der Waals surface area contributed by atoms with Gasteiger partial charge in [0, 0.05) is 13.1 Å². The van der Waals surface area contributed by atoms with Gasteiger partial charge < -0.3 is 15.7 Å². The van der Waals surface area contributed by atoms with Crippen LogP contribution < -0.4 is 10.6 Å². The molecule has 1 heterocycles. The maximum absolute atomic E-state index is 12.2. The van der Waals surface area contributed by atoms with Crippen molar-refractivity contribution in [2.75, 3.05) is 19.6 Å². The summed E-state index contributed by atoms with van der Waals surface area (Å²) >= 11 is 0. The predicted octanol–water partition coefficient (Wildman–Crippen LogP) is 1.43. The van der Waals surface area contributed by atoms with Crippen LogP contribution in [0, 0.1) is 10.8 Å². The van der Waals surface area contributed by atoms with E-state index in [1.807, 2.05) is 6.92 Å². The van der Waals surface area contributed by atoms with Crippen molar-refractivity contribution in [1.82, 2.24) is 10.6 Å². The van der Waals surface area contributed by atoms with E-state index in [2.05, 4.69) is 24.5 Å². The summed E-state index contributed by atoms with van der Waals surface area (Å²) in [6.45, 7) is 8.54. The first-order valence-corrected chi connectivity index (χ1v) is 7.46. The zero-order valence-corrected chi connectivity index (χ0v) is 12.5. The van der Waals surface area contributed by atoms with Crippen LogP contribution in [-0.2, 0) is 4.79 Å². The van der Waals surface area contributed by atoms with Crippen LogP contribution in [0.25, 0.3) is 0 Å². The first-order chi connectivity index (χ1) is 8.75. The number of hydrogen-bond donors (Lipinski definition) is 3. The molecule has 0 spiro atoms. The van der Waals surface area contributed by atoms with Crippen LogP contribution in [0.5, 0.6) is 0 Å². The lowest BCUT2D eigenvalue weighted by Crippen LogP contribution is -2.50. The molecule has 1 unspecified atom stereocenters. The number of carbonyl (C=O) groups excluding carboxylic acids is 1. The Morgan fingerprint density at radius 3 is 2.32 bits per heavy atom. The molecule has 0 radical (unpaired) electrons. The molecule has 1 saturated heterocycles. The van der Waals surface area contributed by atoms with E-state index in [1.54, 1.807) is 0 Å². The highest BCUT2D eigenvalue weighted by atomic mass is 16.3. The van der Waals surface area contributed by atoms with E-state index in [4.69, 9.17) is 0 Å². The van der Waals surface area contributed by atoms with Crippen molar-refractivity contribution in [3.8, 4) is 0 Å². The minimum atomic E-state index is -0.701. The Hall–Kier alpha value is -0.610. The first kappa shape index (κ1) is 14.8. The van der Waals surface area contributed by atoms with E-state index >= 15 is 0 Å². The number of nitrogens with one attached hydrogen (secondary N) is 2. The zero-order valence-electron chi connectivity index (χ0n) is 12.5. The molecule has 4 nitrogen and oxygen atoms in total. The Morgan fingerprint density at radius 1 is 1.16 bits per heavy atom. The highest BCUT2D eigenvalue weighted by Gasteiger charge is 2.40. The third-order valence-corrected chi connectivity index (χ3v) is 5.03. The molecule has 1 saturated carbocycles. The molecule has 0 bridgehead atoms. The van der Waals surface area contributed by atoms with Crippen molar-refractivity contribution in [1.29, 1.82) is 0 Å². The minimum absolute atomic E-state index is 0.0794. The molecular formula is C15H28N2O2. The van der Waals surface area contributed by atoms with Crippen molar-refractivity contribution in [3.63, 3.8) is 0 Å². The van der Waals surface area contributed by atoms with Gasteiger partial charge in [0.1, 0.15) is 0 Å².